The van der Waals surface area contributed by atoms with Crippen LogP contribution in [0.25, 0.3) is 0 Å². The maximum atomic E-state index is 13.8. The molecule has 2 aromatic heterocycles. The molecule has 0 aliphatic rings. The summed E-state index contributed by atoms with van der Waals surface area (Å²) in [5, 5.41) is 2.28. The molecule has 1 amide bonds. The molecule has 1 N–H and O–H groups in total. The maximum Gasteiger partial charge on any atom is 0.433 e. The molecule has 0 bridgehead atoms. The zero-order chi connectivity index (χ0) is 19.4. The lowest BCUT2D eigenvalue weighted by Gasteiger charge is -2.10. The van der Waals surface area contributed by atoms with Gasteiger partial charge >= 0.3 is 6.18 Å². The number of alkyl halides is 3. The fourth-order valence-electron chi connectivity index (χ4n) is 2.08. The van der Waals surface area contributed by atoms with E-state index in [1.165, 1.54) is 24.8 Å². The molecule has 3 rings (SSSR count). The van der Waals surface area contributed by atoms with Gasteiger partial charge in [0.25, 0.3) is 5.91 Å². The monoisotopic (exact) mass is 378 g/mol. The molecule has 0 aliphatic carbocycles. The fraction of sp³-hybridized carbons (Fsp3) is 0.0588. The molecule has 1 aromatic carbocycles. The number of ether oxygens (including phenoxy) is 1. The van der Waals surface area contributed by atoms with Gasteiger partial charge in [-0.25, -0.2) is 19.3 Å². The highest BCUT2D eigenvalue weighted by Gasteiger charge is 2.32. The van der Waals surface area contributed by atoms with Gasteiger partial charge in [0.15, 0.2) is 5.75 Å². The SMILES string of the molecule is O=C(Nc1cc(F)cc(Oc2cncnc2)c1)c1cccc(C(F)(F)F)n1. The van der Waals surface area contributed by atoms with Gasteiger partial charge < -0.3 is 10.1 Å². The summed E-state index contributed by atoms with van der Waals surface area (Å²) in [6.07, 6.45) is -0.703. The van der Waals surface area contributed by atoms with Crippen LogP contribution in [0.1, 0.15) is 16.2 Å². The Hall–Kier alpha value is -3.56. The third-order valence-corrected chi connectivity index (χ3v) is 3.17. The smallest absolute Gasteiger partial charge is 0.433 e. The number of nitrogens with zero attached hydrogens (tertiary/aromatic N) is 3. The molecule has 0 unspecified atom stereocenters. The average Bonchev–Trinajstić information content (AvgIpc) is 2.61. The lowest BCUT2D eigenvalue weighted by molar-refractivity contribution is -0.141. The van der Waals surface area contributed by atoms with E-state index in [0.29, 0.717) is 0 Å². The number of nitrogens with one attached hydrogen (secondary N) is 1. The normalized spacial score (nSPS) is 11.1. The van der Waals surface area contributed by atoms with E-state index in [4.69, 9.17) is 4.74 Å². The molecular weight excluding hydrogens is 368 g/mol. The Morgan fingerprint density at radius 1 is 1.04 bits per heavy atom. The Balaban J connectivity index is 1.80. The summed E-state index contributed by atoms with van der Waals surface area (Å²) in [5.74, 6) is -1.38. The summed E-state index contributed by atoms with van der Waals surface area (Å²) in [4.78, 5) is 22.9. The number of carbonyl (C=O) groups excluding carboxylic acids is 1. The molecule has 0 spiro atoms. The number of hydrogen-bond donors (Lipinski definition) is 1. The highest BCUT2D eigenvalue weighted by Crippen LogP contribution is 2.28. The minimum atomic E-state index is -4.69. The molecule has 0 radical (unpaired) electrons. The third-order valence-electron chi connectivity index (χ3n) is 3.17. The second-order valence-corrected chi connectivity index (χ2v) is 5.21. The predicted octanol–water partition coefficient (Wildman–Crippen LogP) is 4.07. The largest absolute Gasteiger partial charge is 0.454 e. The van der Waals surface area contributed by atoms with E-state index < -0.39 is 29.3 Å². The van der Waals surface area contributed by atoms with Crippen molar-refractivity contribution in [1.29, 1.82) is 0 Å². The molecule has 138 valence electrons. The van der Waals surface area contributed by atoms with E-state index in [1.54, 1.807) is 0 Å². The minimum absolute atomic E-state index is 0.0222. The van der Waals surface area contributed by atoms with Crippen LogP contribution in [-0.2, 0) is 6.18 Å². The first-order valence-corrected chi connectivity index (χ1v) is 7.40. The molecular formula is C17H10F4N4O2. The summed E-state index contributed by atoms with van der Waals surface area (Å²) >= 11 is 0. The van der Waals surface area contributed by atoms with Crippen LogP contribution in [0.2, 0.25) is 0 Å². The lowest BCUT2D eigenvalue weighted by atomic mass is 10.2. The molecule has 3 aromatic rings. The van der Waals surface area contributed by atoms with Crippen molar-refractivity contribution in [3.05, 3.63) is 72.3 Å². The molecule has 0 atom stereocenters. The number of amides is 1. The number of benzene rings is 1. The fourth-order valence-corrected chi connectivity index (χ4v) is 2.08. The van der Waals surface area contributed by atoms with Crippen LogP contribution in [0.4, 0.5) is 23.2 Å². The van der Waals surface area contributed by atoms with Gasteiger partial charge in [0.2, 0.25) is 0 Å². The molecule has 0 saturated carbocycles. The predicted molar refractivity (Wildman–Crippen MR) is 85.7 cm³/mol. The number of aromatic nitrogens is 3. The Kier molecular flexibility index (Phi) is 4.97. The van der Waals surface area contributed by atoms with Gasteiger partial charge in [-0.05, 0) is 18.2 Å². The Morgan fingerprint density at radius 2 is 1.78 bits per heavy atom. The Labute approximate surface area is 149 Å². The third kappa shape index (κ3) is 4.75. The lowest BCUT2D eigenvalue weighted by Crippen LogP contribution is -2.17. The first-order chi connectivity index (χ1) is 12.8. The maximum absolute atomic E-state index is 13.8. The van der Waals surface area contributed by atoms with Crippen molar-refractivity contribution in [3.63, 3.8) is 0 Å². The zero-order valence-corrected chi connectivity index (χ0v) is 13.4. The summed E-state index contributed by atoms with van der Waals surface area (Å²) in [7, 11) is 0. The van der Waals surface area contributed by atoms with Crippen LogP contribution in [0.15, 0.2) is 55.1 Å². The summed E-state index contributed by atoms with van der Waals surface area (Å²) in [6, 6.07) is 6.25. The van der Waals surface area contributed by atoms with Gasteiger partial charge in [-0.15, -0.1) is 0 Å². The van der Waals surface area contributed by atoms with Crippen LogP contribution in [0.3, 0.4) is 0 Å². The van der Waals surface area contributed by atoms with Gasteiger partial charge in [-0.3, -0.25) is 4.79 Å². The van der Waals surface area contributed by atoms with E-state index in [1.807, 2.05) is 0 Å². The number of carbonyl (C=O) groups is 1. The number of anilines is 1. The summed E-state index contributed by atoms with van der Waals surface area (Å²) < 4.78 is 57.2. The molecule has 0 fully saturated rings. The standard InChI is InChI=1S/C17H10F4N4O2/c18-10-4-11(6-12(5-10)27-13-7-22-9-23-8-13)24-16(26)14-2-1-3-15(25-14)17(19,20)21/h1-9H,(H,24,26). The van der Waals surface area contributed by atoms with E-state index >= 15 is 0 Å². The molecule has 27 heavy (non-hydrogen) atoms. The van der Waals surface area contributed by atoms with Crippen LogP contribution in [-0.4, -0.2) is 20.9 Å². The second-order valence-electron chi connectivity index (χ2n) is 5.21. The van der Waals surface area contributed by atoms with Gasteiger partial charge in [-0.1, -0.05) is 6.07 Å². The first-order valence-electron chi connectivity index (χ1n) is 7.40. The van der Waals surface area contributed by atoms with Crippen molar-refractivity contribution in [1.82, 2.24) is 15.0 Å². The van der Waals surface area contributed by atoms with Gasteiger partial charge in [0.05, 0.1) is 12.4 Å². The number of pyridine rings is 1. The number of rotatable bonds is 4. The van der Waals surface area contributed by atoms with Crippen molar-refractivity contribution in [3.8, 4) is 11.5 Å². The van der Waals surface area contributed by atoms with Crippen LogP contribution in [0.5, 0.6) is 11.5 Å². The zero-order valence-electron chi connectivity index (χ0n) is 13.4. The van der Waals surface area contributed by atoms with Crippen LogP contribution >= 0.6 is 0 Å². The van der Waals surface area contributed by atoms with Gasteiger partial charge in [0, 0.05) is 17.8 Å². The van der Waals surface area contributed by atoms with Crippen LogP contribution < -0.4 is 10.1 Å². The molecule has 6 nitrogen and oxygen atoms in total. The topological polar surface area (TPSA) is 77.0 Å². The molecule has 10 heteroatoms. The first kappa shape index (κ1) is 18.2. The Morgan fingerprint density at radius 3 is 2.48 bits per heavy atom. The van der Waals surface area contributed by atoms with Crippen molar-refractivity contribution in [2.24, 2.45) is 0 Å². The minimum Gasteiger partial charge on any atom is -0.454 e. The van der Waals surface area contributed by atoms with Crippen LogP contribution in [0, 0.1) is 5.82 Å². The van der Waals surface area contributed by atoms with E-state index in [-0.39, 0.29) is 17.2 Å². The van der Waals surface area contributed by atoms with Crippen molar-refractivity contribution in [2.45, 2.75) is 6.18 Å². The molecule has 2 heterocycles. The van der Waals surface area contributed by atoms with E-state index in [0.717, 1.165) is 30.3 Å². The van der Waals surface area contributed by atoms with Gasteiger partial charge in [-0.2, -0.15) is 13.2 Å². The highest BCUT2D eigenvalue weighted by molar-refractivity contribution is 6.03. The quantitative estimate of drug-likeness (QED) is 0.693. The van der Waals surface area contributed by atoms with Crippen molar-refractivity contribution < 1.29 is 27.1 Å². The van der Waals surface area contributed by atoms with E-state index in [2.05, 4.69) is 20.3 Å². The summed E-state index contributed by atoms with van der Waals surface area (Å²) in [6.45, 7) is 0. The average molecular weight is 378 g/mol. The molecule has 0 aliphatic heterocycles. The van der Waals surface area contributed by atoms with E-state index in [9.17, 15) is 22.4 Å². The second kappa shape index (κ2) is 7.36. The van der Waals surface area contributed by atoms with Crippen molar-refractivity contribution >= 4 is 11.6 Å². The van der Waals surface area contributed by atoms with Crippen molar-refractivity contribution in [2.75, 3.05) is 5.32 Å². The van der Waals surface area contributed by atoms with Gasteiger partial charge in [0.1, 0.15) is 29.3 Å². The summed E-state index contributed by atoms with van der Waals surface area (Å²) in [5.41, 5.74) is -1.69. The number of hydrogen-bond acceptors (Lipinski definition) is 5. The number of halogens is 4. The highest BCUT2D eigenvalue weighted by atomic mass is 19.4. The Bertz CT molecular complexity index is 965. The molecule has 0 saturated heterocycles.